The fraction of sp³-hybridized carbons (Fsp3) is 0.125. The Morgan fingerprint density at radius 3 is 2.73 bits per heavy atom. The van der Waals surface area contributed by atoms with E-state index in [2.05, 4.69) is 25.5 Å². The maximum Gasteiger partial charge on any atom is 0.204 e. The van der Waals surface area contributed by atoms with Gasteiger partial charge in [0.25, 0.3) is 0 Å². The lowest BCUT2D eigenvalue weighted by Crippen LogP contribution is -2.05. The van der Waals surface area contributed by atoms with E-state index in [1.54, 1.807) is 12.4 Å². The summed E-state index contributed by atoms with van der Waals surface area (Å²) >= 11 is 0. The van der Waals surface area contributed by atoms with Gasteiger partial charge < -0.3 is 5.32 Å². The van der Waals surface area contributed by atoms with E-state index in [0.717, 1.165) is 33.9 Å². The van der Waals surface area contributed by atoms with Gasteiger partial charge in [-0.2, -0.15) is 0 Å². The molecule has 0 bridgehead atoms. The summed E-state index contributed by atoms with van der Waals surface area (Å²) in [6.07, 6.45) is 3.56. The molecule has 4 rings (SSSR count). The van der Waals surface area contributed by atoms with E-state index >= 15 is 0 Å². The summed E-state index contributed by atoms with van der Waals surface area (Å²) in [4.78, 5) is 8.71. The van der Waals surface area contributed by atoms with Gasteiger partial charge in [-0.25, -0.2) is 4.98 Å². The van der Waals surface area contributed by atoms with Crippen LogP contribution in [0.1, 0.15) is 11.4 Å². The van der Waals surface area contributed by atoms with E-state index in [9.17, 15) is 0 Å². The van der Waals surface area contributed by atoms with Crippen molar-refractivity contribution in [3.8, 4) is 0 Å². The second-order valence-corrected chi connectivity index (χ2v) is 5.06. The first-order valence-electron chi connectivity index (χ1n) is 7.06. The van der Waals surface area contributed by atoms with Crippen molar-refractivity contribution in [3.63, 3.8) is 0 Å². The zero-order valence-corrected chi connectivity index (χ0v) is 12.1. The Hall–Kier alpha value is -3.02. The van der Waals surface area contributed by atoms with Crippen molar-refractivity contribution in [3.05, 3.63) is 60.2 Å². The summed E-state index contributed by atoms with van der Waals surface area (Å²) in [5.41, 5.74) is 3.80. The number of aromatic nitrogens is 5. The highest BCUT2D eigenvalue weighted by Crippen LogP contribution is 2.21. The van der Waals surface area contributed by atoms with E-state index in [1.165, 1.54) is 0 Å². The molecule has 22 heavy (non-hydrogen) atoms. The third kappa shape index (κ3) is 2.05. The van der Waals surface area contributed by atoms with Crippen LogP contribution in [-0.2, 0) is 6.54 Å². The molecule has 0 aliphatic heterocycles. The van der Waals surface area contributed by atoms with E-state index in [0.29, 0.717) is 6.54 Å². The van der Waals surface area contributed by atoms with Gasteiger partial charge in [-0.3, -0.25) is 9.38 Å². The standard InChI is InChI=1S/C16H14N6/c1-11-20-21-16-15(18-10-12-6-8-17-9-7-12)19-13-4-2-3-5-14(13)22(11)16/h2-9H,10H2,1H3,(H,18,19). The molecule has 0 fully saturated rings. The summed E-state index contributed by atoms with van der Waals surface area (Å²) in [6, 6.07) is 11.9. The topological polar surface area (TPSA) is 68.0 Å². The molecule has 0 unspecified atom stereocenters. The van der Waals surface area contributed by atoms with Gasteiger partial charge in [0.05, 0.1) is 11.0 Å². The quantitative estimate of drug-likeness (QED) is 0.628. The Balaban J connectivity index is 1.82. The number of hydrogen-bond acceptors (Lipinski definition) is 5. The van der Waals surface area contributed by atoms with Gasteiger partial charge in [0.15, 0.2) is 5.82 Å². The Labute approximate surface area is 126 Å². The first kappa shape index (κ1) is 12.7. The number of benzene rings is 1. The molecule has 0 spiro atoms. The molecule has 0 aliphatic carbocycles. The summed E-state index contributed by atoms with van der Waals surface area (Å²) in [5.74, 6) is 1.58. The van der Waals surface area contributed by atoms with Crippen molar-refractivity contribution >= 4 is 22.5 Å². The number of fused-ring (bicyclic) bond motifs is 3. The number of anilines is 1. The van der Waals surface area contributed by atoms with E-state index < -0.39 is 0 Å². The second kappa shape index (κ2) is 5.07. The van der Waals surface area contributed by atoms with Crippen LogP contribution in [0.3, 0.4) is 0 Å². The minimum Gasteiger partial charge on any atom is -0.363 e. The summed E-state index contributed by atoms with van der Waals surface area (Å²) in [7, 11) is 0. The maximum atomic E-state index is 4.68. The number of rotatable bonds is 3. The van der Waals surface area contributed by atoms with E-state index in [4.69, 9.17) is 0 Å². The largest absolute Gasteiger partial charge is 0.363 e. The Bertz CT molecular complexity index is 945. The summed E-state index contributed by atoms with van der Waals surface area (Å²) < 4.78 is 2.03. The first-order valence-corrected chi connectivity index (χ1v) is 7.06. The molecule has 1 aromatic carbocycles. The number of hydrogen-bond donors (Lipinski definition) is 1. The average molecular weight is 290 g/mol. The Kier molecular flexibility index (Phi) is 2.93. The lowest BCUT2D eigenvalue weighted by Gasteiger charge is -2.09. The number of nitrogens with one attached hydrogen (secondary N) is 1. The Morgan fingerprint density at radius 1 is 1.05 bits per heavy atom. The first-order chi connectivity index (χ1) is 10.8. The van der Waals surface area contributed by atoms with Crippen LogP contribution in [0.5, 0.6) is 0 Å². The van der Waals surface area contributed by atoms with Gasteiger partial charge in [0, 0.05) is 18.9 Å². The van der Waals surface area contributed by atoms with Crippen molar-refractivity contribution in [2.75, 3.05) is 5.32 Å². The SMILES string of the molecule is Cc1nnc2c(NCc3ccncc3)nc3ccccc3n12. The summed E-state index contributed by atoms with van der Waals surface area (Å²) in [5, 5.41) is 11.8. The van der Waals surface area contributed by atoms with E-state index in [-0.39, 0.29) is 0 Å². The molecule has 6 nitrogen and oxygen atoms in total. The molecule has 0 radical (unpaired) electrons. The molecule has 6 heteroatoms. The molecular weight excluding hydrogens is 276 g/mol. The van der Waals surface area contributed by atoms with Gasteiger partial charge >= 0.3 is 0 Å². The van der Waals surface area contributed by atoms with Crippen molar-refractivity contribution < 1.29 is 0 Å². The summed E-state index contributed by atoms with van der Waals surface area (Å²) in [6.45, 7) is 2.61. The number of nitrogens with zero attached hydrogens (tertiary/aromatic N) is 5. The van der Waals surface area contributed by atoms with Crippen molar-refractivity contribution in [1.82, 2.24) is 24.6 Å². The highest BCUT2D eigenvalue weighted by Gasteiger charge is 2.12. The molecule has 0 amide bonds. The molecule has 108 valence electrons. The fourth-order valence-corrected chi connectivity index (χ4v) is 2.53. The number of pyridine rings is 1. The fourth-order valence-electron chi connectivity index (χ4n) is 2.53. The minimum absolute atomic E-state index is 0.662. The minimum atomic E-state index is 0.662. The molecule has 1 N–H and O–H groups in total. The molecule has 0 saturated carbocycles. The Morgan fingerprint density at radius 2 is 1.86 bits per heavy atom. The normalized spacial score (nSPS) is 11.1. The van der Waals surface area contributed by atoms with Gasteiger partial charge in [-0.05, 0) is 36.8 Å². The smallest absolute Gasteiger partial charge is 0.204 e. The molecule has 3 aromatic heterocycles. The third-order valence-electron chi connectivity index (χ3n) is 3.60. The lowest BCUT2D eigenvalue weighted by atomic mass is 10.2. The van der Waals surface area contributed by atoms with Crippen LogP contribution in [0.15, 0.2) is 48.8 Å². The van der Waals surface area contributed by atoms with Crippen LogP contribution < -0.4 is 5.32 Å². The molecule has 3 heterocycles. The number of aryl methyl sites for hydroxylation is 1. The second-order valence-electron chi connectivity index (χ2n) is 5.06. The van der Waals surface area contributed by atoms with Gasteiger partial charge in [0.2, 0.25) is 5.65 Å². The third-order valence-corrected chi connectivity index (χ3v) is 3.60. The average Bonchev–Trinajstić information content (AvgIpc) is 2.96. The molecule has 0 aliphatic rings. The van der Waals surface area contributed by atoms with Gasteiger partial charge in [-0.1, -0.05) is 12.1 Å². The number of para-hydroxylation sites is 2. The van der Waals surface area contributed by atoms with Gasteiger partial charge in [-0.15, -0.1) is 10.2 Å². The van der Waals surface area contributed by atoms with Crippen LogP contribution in [0.4, 0.5) is 5.82 Å². The molecule has 0 atom stereocenters. The highest BCUT2D eigenvalue weighted by molar-refractivity contribution is 5.82. The van der Waals surface area contributed by atoms with Crippen molar-refractivity contribution in [2.24, 2.45) is 0 Å². The van der Waals surface area contributed by atoms with Crippen molar-refractivity contribution in [2.45, 2.75) is 13.5 Å². The maximum absolute atomic E-state index is 4.68. The predicted octanol–water partition coefficient (Wildman–Crippen LogP) is 2.59. The van der Waals surface area contributed by atoms with Crippen LogP contribution >= 0.6 is 0 Å². The van der Waals surface area contributed by atoms with Crippen LogP contribution in [0, 0.1) is 6.92 Å². The van der Waals surface area contributed by atoms with Crippen molar-refractivity contribution in [1.29, 1.82) is 0 Å². The van der Waals surface area contributed by atoms with Crippen LogP contribution in [0.25, 0.3) is 16.7 Å². The lowest BCUT2D eigenvalue weighted by molar-refractivity contribution is 1.02. The highest BCUT2D eigenvalue weighted by atomic mass is 15.3. The van der Waals surface area contributed by atoms with E-state index in [1.807, 2.05) is 47.7 Å². The zero-order chi connectivity index (χ0) is 14.9. The molecule has 4 aromatic rings. The zero-order valence-electron chi connectivity index (χ0n) is 12.1. The molecule has 0 saturated heterocycles. The van der Waals surface area contributed by atoms with Gasteiger partial charge in [0.1, 0.15) is 5.82 Å². The van der Waals surface area contributed by atoms with Crippen LogP contribution in [-0.4, -0.2) is 24.6 Å². The monoisotopic (exact) mass is 290 g/mol. The van der Waals surface area contributed by atoms with Crippen LogP contribution in [0.2, 0.25) is 0 Å². The predicted molar refractivity (Wildman–Crippen MR) is 84.6 cm³/mol. The molecular formula is C16H14N6.